The van der Waals surface area contributed by atoms with E-state index < -0.39 is 10.0 Å². The number of nitrogens with one attached hydrogen (secondary N) is 2. The maximum atomic E-state index is 12.1. The maximum Gasteiger partial charge on any atom is 0.213 e. The standard InChI is InChI=1S/C13H27N3O2S/c1-11(2)14-7-10-19(17,18)15-12-6-9-16-8-4-3-5-13(12)16/h11-15H,3-10H2,1-2H3. The molecule has 2 atom stereocenters. The number of sulfonamides is 1. The monoisotopic (exact) mass is 289 g/mol. The molecule has 0 aromatic carbocycles. The molecule has 0 aromatic rings. The zero-order chi connectivity index (χ0) is 13.9. The van der Waals surface area contributed by atoms with Gasteiger partial charge in [-0.3, -0.25) is 4.90 Å². The van der Waals surface area contributed by atoms with Crippen LogP contribution in [0.5, 0.6) is 0 Å². The number of hydrogen-bond acceptors (Lipinski definition) is 4. The van der Waals surface area contributed by atoms with Gasteiger partial charge in [0.15, 0.2) is 0 Å². The van der Waals surface area contributed by atoms with E-state index in [0.29, 0.717) is 18.6 Å². The highest BCUT2D eigenvalue weighted by Crippen LogP contribution is 2.27. The first-order valence-corrected chi connectivity index (χ1v) is 9.10. The van der Waals surface area contributed by atoms with Crippen molar-refractivity contribution in [3.63, 3.8) is 0 Å². The van der Waals surface area contributed by atoms with Gasteiger partial charge in [0.05, 0.1) is 5.75 Å². The molecule has 0 bridgehead atoms. The predicted molar refractivity (Wildman–Crippen MR) is 77.7 cm³/mol. The third kappa shape index (κ3) is 4.41. The molecule has 0 saturated carbocycles. The molecule has 2 heterocycles. The molecule has 2 rings (SSSR count). The van der Waals surface area contributed by atoms with Crippen molar-refractivity contribution in [2.75, 3.05) is 25.4 Å². The minimum absolute atomic E-state index is 0.129. The number of fused-ring (bicyclic) bond motifs is 1. The molecule has 6 heteroatoms. The molecule has 19 heavy (non-hydrogen) atoms. The van der Waals surface area contributed by atoms with E-state index in [0.717, 1.165) is 25.9 Å². The van der Waals surface area contributed by atoms with Crippen LogP contribution in [0.2, 0.25) is 0 Å². The van der Waals surface area contributed by atoms with Crippen molar-refractivity contribution in [1.82, 2.24) is 14.9 Å². The molecule has 0 amide bonds. The quantitative estimate of drug-likeness (QED) is 0.749. The molecule has 2 fully saturated rings. The summed E-state index contributed by atoms with van der Waals surface area (Å²) in [6.07, 6.45) is 4.58. The van der Waals surface area contributed by atoms with Crippen LogP contribution in [-0.4, -0.2) is 56.8 Å². The molecule has 2 N–H and O–H groups in total. The van der Waals surface area contributed by atoms with E-state index in [1.54, 1.807) is 0 Å². The van der Waals surface area contributed by atoms with Crippen LogP contribution in [-0.2, 0) is 10.0 Å². The summed E-state index contributed by atoms with van der Waals surface area (Å²) in [5.74, 6) is 0.175. The van der Waals surface area contributed by atoms with Gasteiger partial charge in [0, 0.05) is 31.2 Å². The Bertz CT molecular complexity index is 383. The lowest BCUT2D eigenvalue weighted by molar-refractivity contribution is 0.186. The van der Waals surface area contributed by atoms with E-state index in [4.69, 9.17) is 0 Å². The lowest BCUT2D eigenvalue weighted by Gasteiger charge is -2.32. The van der Waals surface area contributed by atoms with Crippen molar-refractivity contribution in [3.05, 3.63) is 0 Å². The molecule has 2 aliphatic rings. The smallest absolute Gasteiger partial charge is 0.213 e. The SMILES string of the molecule is CC(C)NCCS(=O)(=O)NC1CCN2CCCCC12. The summed E-state index contributed by atoms with van der Waals surface area (Å²) in [6.45, 7) is 6.75. The fraction of sp³-hybridized carbons (Fsp3) is 1.00. The predicted octanol–water partition coefficient (Wildman–Crippen LogP) is 0.531. The summed E-state index contributed by atoms with van der Waals surface area (Å²) in [5.41, 5.74) is 0. The normalized spacial score (nSPS) is 28.8. The van der Waals surface area contributed by atoms with Crippen molar-refractivity contribution in [2.45, 2.75) is 57.7 Å². The Morgan fingerprint density at radius 1 is 1.21 bits per heavy atom. The third-order valence-electron chi connectivity index (χ3n) is 4.11. The van der Waals surface area contributed by atoms with Crippen LogP contribution in [0.1, 0.15) is 39.5 Å². The molecule has 0 aromatic heterocycles. The zero-order valence-corrected chi connectivity index (χ0v) is 12.9. The van der Waals surface area contributed by atoms with Crippen LogP contribution in [0.3, 0.4) is 0 Å². The molecular formula is C13H27N3O2S. The van der Waals surface area contributed by atoms with E-state index in [2.05, 4.69) is 14.9 Å². The fourth-order valence-corrected chi connectivity index (χ4v) is 4.40. The molecular weight excluding hydrogens is 262 g/mol. The third-order valence-corrected chi connectivity index (χ3v) is 5.51. The number of hydrogen-bond donors (Lipinski definition) is 2. The van der Waals surface area contributed by atoms with Gasteiger partial charge in [-0.15, -0.1) is 0 Å². The topological polar surface area (TPSA) is 61.4 Å². The molecule has 0 aliphatic carbocycles. The highest BCUT2D eigenvalue weighted by Gasteiger charge is 2.37. The van der Waals surface area contributed by atoms with Gasteiger partial charge in [0.2, 0.25) is 10.0 Å². The lowest BCUT2D eigenvalue weighted by Crippen LogP contribution is -2.48. The summed E-state index contributed by atoms with van der Waals surface area (Å²) in [7, 11) is -3.15. The first-order valence-electron chi connectivity index (χ1n) is 7.45. The van der Waals surface area contributed by atoms with Crippen molar-refractivity contribution < 1.29 is 8.42 Å². The van der Waals surface area contributed by atoms with Gasteiger partial charge in [0.1, 0.15) is 0 Å². The van der Waals surface area contributed by atoms with Crippen molar-refractivity contribution in [1.29, 1.82) is 0 Å². The first kappa shape index (κ1) is 15.2. The van der Waals surface area contributed by atoms with Crippen LogP contribution < -0.4 is 10.0 Å². The highest BCUT2D eigenvalue weighted by atomic mass is 32.2. The van der Waals surface area contributed by atoms with Gasteiger partial charge < -0.3 is 5.32 Å². The van der Waals surface area contributed by atoms with Gasteiger partial charge >= 0.3 is 0 Å². The van der Waals surface area contributed by atoms with Gasteiger partial charge in [-0.2, -0.15) is 0 Å². The highest BCUT2D eigenvalue weighted by molar-refractivity contribution is 7.89. The van der Waals surface area contributed by atoms with Gasteiger partial charge in [0.25, 0.3) is 0 Å². The minimum Gasteiger partial charge on any atom is -0.313 e. The second kappa shape index (κ2) is 6.52. The Morgan fingerprint density at radius 3 is 2.74 bits per heavy atom. The van der Waals surface area contributed by atoms with Crippen molar-refractivity contribution in [2.24, 2.45) is 0 Å². The van der Waals surface area contributed by atoms with Gasteiger partial charge in [-0.25, -0.2) is 13.1 Å². The number of rotatable bonds is 6. The van der Waals surface area contributed by atoms with Gasteiger partial charge in [-0.1, -0.05) is 20.3 Å². The lowest BCUT2D eigenvalue weighted by atomic mass is 10.00. The maximum absolute atomic E-state index is 12.1. The van der Waals surface area contributed by atoms with E-state index in [9.17, 15) is 8.42 Å². The summed E-state index contributed by atoms with van der Waals surface area (Å²) >= 11 is 0. The van der Waals surface area contributed by atoms with E-state index in [-0.39, 0.29) is 11.8 Å². The minimum atomic E-state index is -3.15. The molecule has 2 saturated heterocycles. The Labute approximate surface area is 117 Å². The molecule has 2 unspecified atom stereocenters. The van der Waals surface area contributed by atoms with Crippen LogP contribution in [0.15, 0.2) is 0 Å². The Balaban J connectivity index is 1.82. The molecule has 0 radical (unpaired) electrons. The summed E-state index contributed by atoms with van der Waals surface area (Å²) < 4.78 is 27.1. The molecule has 2 aliphatic heterocycles. The Kier molecular flexibility index (Phi) is 5.22. The Morgan fingerprint density at radius 2 is 2.00 bits per heavy atom. The van der Waals surface area contributed by atoms with E-state index in [1.807, 2.05) is 13.8 Å². The van der Waals surface area contributed by atoms with E-state index in [1.165, 1.54) is 12.8 Å². The average molecular weight is 289 g/mol. The second-order valence-electron chi connectivity index (χ2n) is 6.04. The van der Waals surface area contributed by atoms with Crippen molar-refractivity contribution in [3.8, 4) is 0 Å². The van der Waals surface area contributed by atoms with Crippen LogP contribution >= 0.6 is 0 Å². The van der Waals surface area contributed by atoms with Crippen molar-refractivity contribution >= 4 is 10.0 Å². The Hall–Kier alpha value is -0.170. The molecule has 0 spiro atoms. The molecule has 5 nitrogen and oxygen atoms in total. The molecule has 112 valence electrons. The van der Waals surface area contributed by atoms with Crippen LogP contribution in [0.25, 0.3) is 0 Å². The van der Waals surface area contributed by atoms with Gasteiger partial charge in [-0.05, 0) is 25.8 Å². The second-order valence-corrected chi connectivity index (χ2v) is 7.91. The average Bonchev–Trinajstić information content (AvgIpc) is 2.71. The summed E-state index contributed by atoms with van der Waals surface area (Å²) in [5, 5.41) is 3.15. The van der Waals surface area contributed by atoms with Crippen LogP contribution in [0, 0.1) is 0 Å². The summed E-state index contributed by atoms with van der Waals surface area (Å²) in [4.78, 5) is 2.45. The first-order chi connectivity index (χ1) is 8.98. The zero-order valence-electron chi connectivity index (χ0n) is 12.1. The number of nitrogens with zero attached hydrogens (tertiary/aromatic N) is 1. The summed E-state index contributed by atoms with van der Waals surface area (Å²) in [6, 6.07) is 0.890. The largest absolute Gasteiger partial charge is 0.313 e. The number of piperidine rings is 1. The van der Waals surface area contributed by atoms with Crippen LogP contribution in [0.4, 0.5) is 0 Å². The fourth-order valence-electron chi connectivity index (χ4n) is 3.16. The van der Waals surface area contributed by atoms with E-state index >= 15 is 0 Å².